The molecule has 0 aromatic heterocycles. The van der Waals surface area contributed by atoms with E-state index in [2.05, 4.69) is 0 Å². The van der Waals surface area contributed by atoms with E-state index in [1.807, 2.05) is 18.0 Å². The van der Waals surface area contributed by atoms with Gasteiger partial charge in [0.05, 0.1) is 17.6 Å². The first-order valence-corrected chi connectivity index (χ1v) is 6.07. The minimum Gasteiger partial charge on any atom is -0.492 e. The van der Waals surface area contributed by atoms with Crippen LogP contribution in [0.2, 0.25) is 0 Å². The maximum atomic E-state index is 10.7. The van der Waals surface area contributed by atoms with Crippen LogP contribution in [0.25, 0.3) is 0 Å². The van der Waals surface area contributed by atoms with Gasteiger partial charge < -0.3 is 14.7 Å². The Bertz CT molecular complexity index is 451. The molecule has 0 saturated carbocycles. The van der Waals surface area contributed by atoms with Crippen LogP contribution in [0.1, 0.15) is 12.5 Å². The summed E-state index contributed by atoms with van der Waals surface area (Å²) < 4.78 is 5.52. The lowest BCUT2D eigenvalue weighted by Crippen LogP contribution is -2.31. The van der Waals surface area contributed by atoms with Crippen molar-refractivity contribution in [3.63, 3.8) is 0 Å². The van der Waals surface area contributed by atoms with Gasteiger partial charge in [-0.1, -0.05) is 6.92 Å². The average molecular weight is 262 g/mol. The van der Waals surface area contributed by atoms with Crippen LogP contribution in [0.4, 0.5) is 0 Å². The third kappa shape index (κ3) is 5.40. The van der Waals surface area contributed by atoms with Gasteiger partial charge in [-0.3, -0.25) is 4.79 Å². The van der Waals surface area contributed by atoms with Crippen molar-refractivity contribution >= 4 is 5.97 Å². The summed E-state index contributed by atoms with van der Waals surface area (Å²) in [6.07, 6.45) is 0. The number of hydrogen-bond acceptors (Lipinski definition) is 4. The Morgan fingerprint density at radius 2 is 2.11 bits per heavy atom. The number of aliphatic carboxylic acids is 1. The highest BCUT2D eigenvalue weighted by atomic mass is 16.5. The van der Waals surface area contributed by atoms with E-state index in [1.165, 1.54) is 0 Å². The van der Waals surface area contributed by atoms with Crippen molar-refractivity contribution in [2.45, 2.75) is 6.92 Å². The maximum absolute atomic E-state index is 10.7. The fourth-order valence-corrected chi connectivity index (χ4v) is 1.58. The van der Waals surface area contributed by atoms with Crippen molar-refractivity contribution in [3.8, 4) is 11.8 Å². The Hall–Kier alpha value is -2.06. The van der Waals surface area contributed by atoms with Crippen LogP contribution >= 0.6 is 0 Å². The monoisotopic (exact) mass is 262 g/mol. The fraction of sp³-hybridized carbons (Fsp3) is 0.429. The van der Waals surface area contributed by atoms with Crippen molar-refractivity contribution in [1.29, 1.82) is 5.26 Å². The van der Waals surface area contributed by atoms with Crippen LogP contribution < -0.4 is 4.74 Å². The predicted molar refractivity (Wildman–Crippen MR) is 70.9 cm³/mol. The lowest BCUT2D eigenvalue weighted by Gasteiger charge is -2.19. The minimum absolute atomic E-state index is 0.389. The molecule has 0 saturated heterocycles. The van der Waals surface area contributed by atoms with E-state index in [4.69, 9.17) is 15.1 Å². The topological polar surface area (TPSA) is 73.6 Å². The molecule has 0 spiro atoms. The van der Waals surface area contributed by atoms with Crippen LogP contribution in [0.5, 0.6) is 5.75 Å². The standard InChI is InChI=1S/C14H18N2O3/c1-11(14(17)18)10-16(2)7-8-19-13-5-3-12(9-15)4-6-13/h3-6,11H,7-8,10H2,1-2H3,(H,17,18). The summed E-state index contributed by atoms with van der Waals surface area (Å²) >= 11 is 0. The highest BCUT2D eigenvalue weighted by molar-refractivity contribution is 5.69. The zero-order chi connectivity index (χ0) is 14.3. The fourth-order valence-electron chi connectivity index (χ4n) is 1.58. The van der Waals surface area contributed by atoms with Gasteiger partial charge in [0, 0.05) is 13.1 Å². The summed E-state index contributed by atoms with van der Waals surface area (Å²) in [5.41, 5.74) is 0.597. The van der Waals surface area contributed by atoms with Gasteiger partial charge in [-0.15, -0.1) is 0 Å². The highest BCUT2D eigenvalue weighted by Gasteiger charge is 2.13. The van der Waals surface area contributed by atoms with Crippen molar-refractivity contribution < 1.29 is 14.6 Å². The lowest BCUT2D eigenvalue weighted by molar-refractivity contribution is -0.141. The second-order valence-corrected chi connectivity index (χ2v) is 4.49. The molecular formula is C14H18N2O3. The Labute approximate surface area is 113 Å². The minimum atomic E-state index is -0.792. The first kappa shape index (κ1) is 15.0. The first-order valence-electron chi connectivity index (χ1n) is 6.07. The molecule has 0 radical (unpaired) electrons. The number of carboxylic acids is 1. The maximum Gasteiger partial charge on any atom is 0.307 e. The molecular weight excluding hydrogens is 244 g/mol. The molecule has 0 aliphatic rings. The summed E-state index contributed by atoms with van der Waals surface area (Å²) in [5.74, 6) is -0.474. The second kappa shape index (κ2) is 7.39. The summed E-state index contributed by atoms with van der Waals surface area (Å²) in [6.45, 7) is 3.30. The van der Waals surface area contributed by atoms with Crippen LogP contribution in [-0.4, -0.2) is 42.7 Å². The number of carboxylic acid groups (broad SMARTS) is 1. The molecule has 19 heavy (non-hydrogen) atoms. The number of benzene rings is 1. The Morgan fingerprint density at radius 1 is 1.47 bits per heavy atom. The third-order valence-corrected chi connectivity index (χ3v) is 2.73. The molecule has 0 bridgehead atoms. The number of nitrogens with zero attached hydrogens (tertiary/aromatic N) is 2. The number of likely N-dealkylation sites (N-methyl/N-ethyl adjacent to an activating group) is 1. The molecule has 5 heteroatoms. The molecule has 1 N–H and O–H groups in total. The largest absolute Gasteiger partial charge is 0.492 e. The van der Waals surface area contributed by atoms with E-state index in [0.29, 0.717) is 31.0 Å². The second-order valence-electron chi connectivity index (χ2n) is 4.49. The van der Waals surface area contributed by atoms with Gasteiger partial charge in [0.25, 0.3) is 0 Å². The number of rotatable bonds is 7. The SMILES string of the molecule is CC(CN(C)CCOc1ccc(C#N)cc1)C(=O)O. The van der Waals surface area contributed by atoms with Gasteiger partial charge in [0.15, 0.2) is 0 Å². The van der Waals surface area contributed by atoms with E-state index in [-0.39, 0.29) is 5.92 Å². The van der Waals surface area contributed by atoms with Crippen molar-refractivity contribution in [3.05, 3.63) is 29.8 Å². The van der Waals surface area contributed by atoms with E-state index >= 15 is 0 Å². The molecule has 0 heterocycles. The molecule has 0 fully saturated rings. The van der Waals surface area contributed by atoms with E-state index in [0.717, 1.165) is 0 Å². The normalized spacial score (nSPS) is 11.9. The van der Waals surface area contributed by atoms with Crippen LogP contribution in [0.3, 0.4) is 0 Å². The molecule has 1 atom stereocenters. The van der Waals surface area contributed by atoms with E-state index < -0.39 is 5.97 Å². The van der Waals surface area contributed by atoms with Gasteiger partial charge in [0.2, 0.25) is 0 Å². The molecule has 1 unspecified atom stereocenters. The molecule has 0 aliphatic carbocycles. The lowest BCUT2D eigenvalue weighted by atomic mass is 10.2. The van der Waals surface area contributed by atoms with Crippen molar-refractivity contribution in [2.75, 3.05) is 26.7 Å². The Balaban J connectivity index is 2.29. The number of ether oxygens (including phenoxy) is 1. The van der Waals surface area contributed by atoms with Gasteiger partial charge in [-0.25, -0.2) is 0 Å². The quantitative estimate of drug-likeness (QED) is 0.807. The first-order chi connectivity index (χ1) is 9.02. The third-order valence-electron chi connectivity index (χ3n) is 2.73. The molecule has 5 nitrogen and oxygen atoms in total. The summed E-state index contributed by atoms with van der Waals surface area (Å²) in [5, 5.41) is 17.5. The van der Waals surface area contributed by atoms with Crippen LogP contribution in [0.15, 0.2) is 24.3 Å². The van der Waals surface area contributed by atoms with Crippen molar-refractivity contribution in [1.82, 2.24) is 4.90 Å². The van der Waals surface area contributed by atoms with Crippen molar-refractivity contribution in [2.24, 2.45) is 5.92 Å². The molecule has 1 rings (SSSR count). The van der Waals surface area contributed by atoms with E-state index in [1.54, 1.807) is 31.2 Å². The van der Waals surface area contributed by atoms with Gasteiger partial charge in [0.1, 0.15) is 12.4 Å². The predicted octanol–water partition coefficient (Wildman–Crippen LogP) is 1.59. The van der Waals surface area contributed by atoms with Crippen LogP contribution in [-0.2, 0) is 4.79 Å². The highest BCUT2D eigenvalue weighted by Crippen LogP contribution is 2.11. The van der Waals surface area contributed by atoms with Gasteiger partial charge in [-0.05, 0) is 31.3 Å². The molecule has 0 amide bonds. The summed E-state index contributed by atoms with van der Waals surface area (Å²) in [6, 6.07) is 8.94. The van der Waals surface area contributed by atoms with Gasteiger partial charge >= 0.3 is 5.97 Å². The zero-order valence-corrected chi connectivity index (χ0v) is 11.2. The molecule has 1 aromatic carbocycles. The number of hydrogen-bond donors (Lipinski definition) is 1. The average Bonchev–Trinajstić information content (AvgIpc) is 2.39. The Morgan fingerprint density at radius 3 is 2.63 bits per heavy atom. The molecule has 1 aromatic rings. The van der Waals surface area contributed by atoms with Crippen LogP contribution in [0, 0.1) is 17.2 Å². The summed E-state index contributed by atoms with van der Waals surface area (Å²) in [7, 11) is 1.86. The number of carbonyl (C=O) groups is 1. The molecule has 102 valence electrons. The molecule has 0 aliphatic heterocycles. The Kier molecular flexibility index (Phi) is 5.83. The zero-order valence-electron chi connectivity index (χ0n) is 11.2. The summed E-state index contributed by atoms with van der Waals surface area (Å²) in [4.78, 5) is 12.6. The smallest absolute Gasteiger partial charge is 0.307 e. The van der Waals surface area contributed by atoms with E-state index in [9.17, 15) is 4.79 Å². The van der Waals surface area contributed by atoms with Gasteiger partial charge in [-0.2, -0.15) is 5.26 Å². The number of nitriles is 1.